The fraction of sp³-hybridized carbons (Fsp3) is 0.240. The maximum atomic E-state index is 12.8. The van der Waals surface area contributed by atoms with Gasteiger partial charge in [-0.15, -0.1) is 0 Å². The number of hydrogen-bond donors (Lipinski definition) is 4. The molecule has 3 aromatic rings. The number of rotatable bonds is 8. The third kappa shape index (κ3) is 5.43. The lowest BCUT2D eigenvalue weighted by atomic mass is 10.0. The molecule has 0 saturated heterocycles. The molecule has 35 heavy (non-hydrogen) atoms. The topological polar surface area (TPSA) is 133 Å². The van der Waals surface area contributed by atoms with Gasteiger partial charge in [-0.2, -0.15) is 0 Å². The highest BCUT2D eigenvalue weighted by Gasteiger charge is 2.30. The third-order valence-electron chi connectivity index (χ3n) is 5.57. The van der Waals surface area contributed by atoms with Crippen molar-refractivity contribution in [1.82, 2.24) is 10.3 Å². The lowest BCUT2D eigenvalue weighted by molar-refractivity contribution is -0.117. The van der Waals surface area contributed by atoms with E-state index in [0.717, 1.165) is 18.4 Å². The fourth-order valence-electron chi connectivity index (χ4n) is 3.57. The van der Waals surface area contributed by atoms with Crippen molar-refractivity contribution in [2.75, 3.05) is 31.0 Å². The highest BCUT2D eigenvalue weighted by molar-refractivity contribution is 7.91. The first-order chi connectivity index (χ1) is 17.9. The molecule has 1 heterocycles. The van der Waals surface area contributed by atoms with E-state index in [0.29, 0.717) is 21.9 Å². The number of nitrogens with zero attached hydrogens (tertiary/aromatic N) is 1. The van der Waals surface area contributed by atoms with Crippen LogP contribution in [0.4, 0.5) is 17.2 Å². The second-order valence-corrected chi connectivity index (χ2v) is 10.4. The van der Waals surface area contributed by atoms with Crippen molar-refractivity contribution in [3.63, 3.8) is 0 Å². The first-order valence-corrected chi connectivity index (χ1v) is 12.7. The number of anilines is 3. The number of nitrogens with one attached hydrogen (secondary N) is 4. The number of aromatic nitrogens is 1. The highest BCUT2D eigenvalue weighted by atomic mass is 32.2. The molecule has 1 saturated carbocycles. The molecule has 0 aliphatic heterocycles. The van der Waals surface area contributed by atoms with E-state index >= 15 is 0 Å². The molecule has 1 aliphatic carbocycles. The summed E-state index contributed by atoms with van der Waals surface area (Å²) in [6, 6.07) is 13.5. The van der Waals surface area contributed by atoms with Crippen LogP contribution in [-0.2, 0) is 14.5 Å². The quantitative estimate of drug-likeness (QED) is 0.369. The Balaban J connectivity index is 1.73. The van der Waals surface area contributed by atoms with E-state index in [9.17, 15) is 13.8 Å². The fourth-order valence-corrected chi connectivity index (χ4v) is 4.23. The highest BCUT2D eigenvalue weighted by Crippen LogP contribution is 2.39. The van der Waals surface area contributed by atoms with E-state index in [-0.39, 0.29) is 28.9 Å². The Hall–Kier alpha value is -3.92. The second-order valence-electron chi connectivity index (χ2n) is 8.21. The van der Waals surface area contributed by atoms with Crippen molar-refractivity contribution in [1.29, 1.82) is 4.78 Å². The number of amides is 2. The monoisotopic (exact) mass is 496 g/mol. The summed E-state index contributed by atoms with van der Waals surface area (Å²) in [4.78, 5) is 29.6. The van der Waals surface area contributed by atoms with Gasteiger partial charge in [0.25, 0.3) is 5.91 Å². The zero-order chi connectivity index (χ0) is 27.7. The normalized spacial score (nSPS) is 16.1. The number of benzene rings is 2. The molecule has 1 aromatic heterocycles. The number of para-hydroxylation sites is 1. The summed E-state index contributed by atoms with van der Waals surface area (Å²) >= 11 is 0. The van der Waals surface area contributed by atoms with Gasteiger partial charge < -0.3 is 20.7 Å². The van der Waals surface area contributed by atoms with Crippen molar-refractivity contribution in [2.24, 2.45) is 5.92 Å². The SMILES string of the molecule is [2H]C([2H])([2H])NC(=O)c1cnc(NC(=O)C2CC2)cc1Nc1cccc(-c2ccc([S@@](C)(=N)=O)cc2)c1OC. The summed E-state index contributed by atoms with van der Waals surface area (Å²) in [5, 5.41) is 7.81. The smallest absolute Gasteiger partial charge is 0.254 e. The summed E-state index contributed by atoms with van der Waals surface area (Å²) in [7, 11) is -1.38. The van der Waals surface area contributed by atoms with Crippen LogP contribution in [0.1, 0.15) is 27.3 Å². The van der Waals surface area contributed by atoms with E-state index in [1.165, 1.54) is 25.6 Å². The molecule has 10 heteroatoms. The van der Waals surface area contributed by atoms with Crippen LogP contribution in [0, 0.1) is 10.7 Å². The first-order valence-electron chi connectivity index (χ1n) is 12.3. The molecule has 182 valence electrons. The van der Waals surface area contributed by atoms with Crippen LogP contribution < -0.4 is 20.7 Å². The van der Waals surface area contributed by atoms with Crippen molar-refractivity contribution in [2.45, 2.75) is 17.7 Å². The predicted octanol–water partition coefficient (Wildman–Crippen LogP) is 4.24. The van der Waals surface area contributed by atoms with E-state index in [2.05, 4.69) is 15.6 Å². The predicted molar refractivity (Wildman–Crippen MR) is 136 cm³/mol. The van der Waals surface area contributed by atoms with Gasteiger partial charge in [0, 0.05) is 46.0 Å². The molecule has 1 aliphatic rings. The number of hydrogen-bond acceptors (Lipinski definition) is 7. The molecule has 0 radical (unpaired) electrons. The molecule has 0 spiro atoms. The maximum absolute atomic E-state index is 12.8. The van der Waals surface area contributed by atoms with Crippen LogP contribution in [0.25, 0.3) is 11.1 Å². The van der Waals surface area contributed by atoms with Crippen molar-refractivity contribution in [3.8, 4) is 16.9 Å². The van der Waals surface area contributed by atoms with E-state index < -0.39 is 22.6 Å². The lowest BCUT2D eigenvalue weighted by Gasteiger charge is -2.18. The van der Waals surface area contributed by atoms with Crippen LogP contribution >= 0.6 is 0 Å². The van der Waals surface area contributed by atoms with Gasteiger partial charge in [-0.25, -0.2) is 14.0 Å². The number of ether oxygens (including phenoxy) is 1. The molecule has 0 unspecified atom stereocenters. The van der Waals surface area contributed by atoms with Gasteiger partial charge in [-0.3, -0.25) is 9.59 Å². The zero-order valence-electron chi connectivity index (χ0n) is 22.2. The zero-order valence-corrected chi connectivity index (χ0v) is 20.0. The Morgan fingerprint density at radius 3 is 2.54 bits per heavy atom. The third-order valence-corrected chi connectivity index (χ3v) is 6.74. The molecular weight excluding hydrogens is 466 g/mol. The van der Waals surface area contributed by atoms with Gasteiger partial charge in [0.1, 0.15) is 11.6 Å². The van der Waals surface area contributed by atoms with Crippen LogP contribution in [0.2, 0.25) is 0 Å². The molecule has 9 nitrogen and oxygen atoms in total. The van der Waals surface area contributed by atoms with Crippen LogP contribution in [0.15, 0.2) is 59.6 Å². The summed E-state index contributed by atoms with van der Waals surface area (Å²) < 4.78 is 47.7. The van der Waals surface area contributed by atoms with Gasteiger partial charge in [-0.1, -0.05) is 24.3 Å². The van der Waals surface area contributed by atoms with Crippen molar-refractivity contribution in [3.05, 3.63) is 60.3 Å². The molecule has 4 N–H and O–H groups in total. The number of carbonyl (C=O) groups is 2. The second kappa shape index (κ2) is 9.75. The van der Waals surface area contributed by atoms with Crippen LogP contribution in [-0.4, -0.2) is 41.3 Å². The Kier molecular flexibility index (Phi) is 5.70. The van der Waals surface area contributed by atoms with E-state index in [1.54, 1.807) is 36.4 Å². The Bertz CT molecular complexity index is 1490. The molecule has 1 atom stereocenters. The molecule has 4 rings (SSSR count). The number of methoxy groups -OCH3 is 1. The van der Waals surface area contributed by atoms with Gasteiger partial charge >= 0.3 is 0 Å². The maximum Gasteiger partial charge on any atom is 0.254 e. The van der Waals surface area contributed by atoms with Gasteiger partial charge in [-0.05, 0) is 36.6 Å². The Labute approximate surface area is 208 Å². The van der Waals surface area contributed by atoms with E-state index in [1.807, 2.05) is 11.4 Å². The average Bonchev–Trinajstić information content (AvgIpc) is 3.68. The molecule has 0 bridgehead atoms. The van der Waals surface area contributed by atoms with Gasteiger partial charge in [0.2, 0.25) is 5.91 Å². The van der Waals surface area contributed by atoms with Crippen LogP contribution in [0.3, 0.4) is 0 Å². The summed E-state index contributed by atoms with van der Waals surface area (Å²) in [5.41, 5.74) is 2.04. The minimum Gasteiger partial charge on any atom is -0.494 e. The molecule has 1 fully saturated rings. The summed E-state index contributed by atoms with van der Waals surface area (Å²) in [6.45, 7) is -2.71. The van der Waals surface area contributed by atoms with Gasteiger partial charge in [0.05, 0.1) is 33.8 Å². The minimum absolute atomic E-state index is 0.0458. The lowest BCUT2D eigenvalue weighted by Crippen LogP contribution is -2.20. The average molecular weight is 497 g/mol. The molecule has 2 aromatic carbocycles. The summed E-state index contributed by atoms with van der Waals surface area (Å²) in [5.74, 6) is -0.477. The molecule has 2 amide bonds. The standard InChI is InChI=1S/C25H27N5O4S/c1-27-25(32)19-14-28-22(30-24(31)16-7-8-16)13-21(19)29-20-6-4-5-18(23(20)34-2)15-9-11-17(12-10-15)35(3,26)33/h4-6,9-14,16,26H,7-8H2,1-3H3,(H,27,32)(H2,28,29,30,31)/t35-/m0/s1/i1D3. The van der Waals surface area contributed by atoms with Crippen molar-refractivity contribution < 1.29 is 22.6 Å². The Morgan fingerprint density at radius 1 is 1.17 bits per heavy atom. The Morgan fingerprint density at radius 2 is 1.91 bits per heavy atom. The van der Waals surface area contributed by atoms with Gasteiger partial charge in [0.15, 0.2) is 0 Å². The summed E-state index contributed by atoms with van der Waals surface area (Å²) in [6.07, 6.45) is 4.16. The molecular formula is C25H27N5O4S. The van der Waals surface area contributed by atoms with Crippen molar-refractivity contribution >= 4 is 38.7 Å². The first kappa shape index (κ1) is 20.5. The number of carbonyl (C=O) groups excluding carboxylic acids is 2. The van der Waals surface area contributed by atoms with E-state index in [4.69, 9.17) is 13.6 Å². The largest absolute Gasteiger partial charge is 0.494 e. The van der Waals surface area contributed by atoms with Crippen LogP contribution in [0.5, 0.6) is 5.75 Å². The number of pyridine rings is 1. The minimum atomic E-state index is -2.86.